The number of Topliss-reactive ketones (excluding diaryl/α,β-unsaturated/α-hetero) is 1. The maximum Gasteiger partial charge on any atom is 0.254 e. The number of ketones is 1. The highest BCUT2D eigenvalue weighted by Gasteiger charge is 2.55. The normalized spacial score (nSPS) is 18.6. The third-order valence-corrected chi connectivity index (χ3v) is 4.63. The molecule has 156 valence electrons. The van der Waals surface area contributed by atoms with Crippen molar-refractivity contribution in [2.24, 2.45) is 0 Å². The summed E-state index contributed by atoms with van der Waals surface area (Å²) in [7, 11) is 4.19. The van der Waals surface area contributed by atoms with E-state index in [1.807, 2.05) is 24.3 Å². The van der Waals surface area contributed by atoms with Gasteiger partial charge in [0.15, 0.2) is 5.76 Å². The topological polar surface area (TPSA) is 94.5 Å². The van der Waals surface area contributed by atoms with E-state index >= 15 is 0 Å². The van der Waals surface area contributed by atoms with Gasteiger partial charge in [0.05, 0.1) is 21.3 Å². The Morgan fingerprint density at radius 3 is 2.33 bits per heavy atom. The Labute approximate surface area is 174 Å². The van der Waals surface area contributed by atoms with Crippen LogP contribution in [-0.2, 0) is 20.9 Å². The van der Waals surface area contributed by atoms with E-state index in [-0.39, 0.29) is 18.1 Å². The molecular weight excluding hydrogens is 388 g/mol. The van der Waals surface area contributed by atoms with Crippen molar-refractivity contribution >= 4 is 5.78 Å². The van der Waals surface area contributed by atoms with Crippen molar-refractivity contribution in [2.75, 3.05) is 21.3 Å². The minimum Gasteiger partial charge on any atom is -0.497 e. The number of ether oxygens (including phenoxy) is 4. The van der Waals surface area contributed by atoms with Crippen molar-refractivity contribution in [1.82, 2.24) is 0 Å². The predicted octanol–water partition coefficient (Wildman–Crippen LogP) is 2.13. The molecule has 1 aliphatic rings. The summed E-state index contributed by atoms with van der Waals surface area (Å²) < 4.78 is 20.9. The van der Waals surface area contributed by atoms with Crippen molar-refractivity contribution in [1.29, 1.82) is 0 Å². The molecule has 1 aliphatic carbocycles. The number of hydrogen-bond acceptors (Lipinski definition) is 7. The lowest BCUT2D eigenvalue weighted by atomic mass is 9.83. The number of aliphatic hydroxyl groups excluding tert-OH is 1. The fourth-order valence-electron chi connectivity index (χ4n) is 2.98. The molecule has 2 atom stereocenters. The summed E-state index contributed by atoms with van der Waals surface area (Å²) in [5.74, 6) is 5.18. The lowest BCUT2D eigenvalue weighted by Gasteiger charge is -2.32. The van der Waals surface area contributed by atoms with Gasteiger partial charge in [0.2, 0.25) is 5.76 Å². The summed E-state index contributed by atoms with van der Waals surface area (Å²) in [6, 6.07) is 14.3. The first-order valence-corrected chi connectivity index (χ1v) is 9.10. The molecule has 0 saturated carbocycles. The lowest BCUT2D eigenvalue weighted by Crippen LogP contribution is -2.51. The molecule has 0 amide bonds. The summed E-state index contributed by atoms with van der Waals surface area (Å²) in [5, 5.41) is 21.0. The van der Waals surface area contributed by atoms with Gasteiger partial charge in [-0.05, 0) is 29.7 Å². The molecule has 0 heterocycles. The van der Waals surface area contributed by atoms with Crippen LogP contribution in [0.5, 0.6) is 11.5 Å². The highest BCUT2D eigenvalue weighted by Crippen LogP contribution is 2.36. The minimum atomic E-state index is -2.14. The number of carbonyl (C=O) groups excluding carboxylic acids is 1. The average molecular weight is 410 g/mol. The fourth-order valence-corrected chi connectivity index (χ4v) is 2.98. The van der Waals surface area contributed by atoms with Crippen molar-refractivity contribution in [3.63, 3.8) is 0 Å². The van der Waals surface area contributed by atoms with Gasteiger partial charge in [-0.2, -0.15) is 0 Å². The van der Waals surface area contributed by atoms with Crippen molar-refractivity contribution < 1.29 is 34.0 Å². The maximum atomic E-state index is 12.1. The van der Waals surface area contributed by atoms with Gasteiger partial charge < -0.3 is 29.2 Å². The van der Waals surface area contributed by atoms with E-state index in [1.165, 1.54) is 14.2 Å². The van der Waals surface area contributed by atoms with Crippen LogP contribution in [-0.4, -0.2) is 42.9 Å². The third-order valence-electron chi connectivity index (χ3n) is 4.63. The largest absolute Gasteiger partial charge is 0.497 e. The second-order valence-electron chi connectivity index (χ2n) is 6.45. The molecule has 0 bridgehead atoms. The summed E-state index contributed by atoms with van der Waals surface area (Å²) in [4.78, 5) is 12.1. The molecule has 7 heteroatoms. The molecule has 0 saturated heterocycles. The number of methoxy groups -OCH3 is 3. The van der Waals surface area contributed by atoms with E-state index in [0.717, 1.165) is 11.3 Å². The molecular formula is C23H22O7. The van der Waals surface area contributed by atoms with E-state index in [9.17, 15) is 15.0 Å². The predicted molar refractivity (Wildman–Crippen MR) is 108 cm³/mol. The summed E-state index contributed by atoms with van der Waals surface area (Å²) >= 11 is 0. The highest BCUT2D eigenvalue weighted by molar-refractivity contribution is 6.12. The van der Waals surface area contributed by atoms with Crippen molar-refractivity contribution in [3.8, 4) is 23.3 Å². The third kappa shape index (κ3) is 3.96. The first-order chi connectivity index (χ1) is 14.4. The van der Waals surface area contributed by atoms with Crippen LogP contribution in [0.3, 0.4) is 0 Å². The molecule has 2 aromatic rings. The second-order valence-corrected chi connectivity index (χ2v) is 6.45. The number of carbonyl (C=O) groups is 1. The molecule has 0 fully saturated rings. The van der Waals surface area contributed by atoms with E-state index in [4.69, 9.17) is 18.9 Å². The van der Waals surface area contributed by atoms with Crippen LogP contribution in [0.15, 0.2) is 60.0 Å². The smallest absolute Gasteiger partial charge is 0.254 e. The maximum absolute atomic E-state index is 12.1. The van der Waals surface area contributed by atoms with Gasteiger partial charge in [-0.15, -0.1) is 0 Å². The molecule has 30 heavy (non-hydrogen) atoms. The Bertz CT molecular complexity index is 1010. The van der Waals surface area contributed by atoms with Gasteiger partial charge in [0.1, 0.15) is 24.2 Å². The number of rotatable bonds is 7. The summed E-state index contributed by atoms with van der Waals surface area (Å²) in [6.07, 6.45) is -1.29. The molecule has 2 N–H and O–H groups in total. The SMILES string of the molecule is COC1=C(OC)C(O)(C#CC(O)c2ccccc2OCc2ccc(OC)cc2)C1=O. The Morgan fingerprint density at radius 1 is 1.00 bits per heavy atom. The second kappa shape index (κ2) is 8.91. The van der Waals surface area contributed by atoms with Gasteiger partial charge in [0.25, 0.3) is 11.4 Å². The number of aliphatic hydroxyl groups is 2. The number of para-hydroxylation sites is 1. The van der Waals surface area contributed by atoms with E-state index in [2.05, 4.69) is 11.8 Å². The van der Waals surface area contributed by atoms with Crippen LogP contribution in [0.2, 0.25) is 0 Å². The van der Waals surface area contributed by atoms with Crippen LogP contribution in [0.25, 0.3) is 0 Å². The van der Waals surface area contributed by atoms with Crippen LogP contribution in [0.4, 0.5) is 0 Å². The molecule has 2 unspecified atom stereocenters. The molecule has 0 aliphatic heterocycles. The zero-order valence-electron chi connectivity index (χ0n) is 16.8. The van der Waals surface area contributed by atoms with Crippen LogP contribution >= 0.6 is 0 Å². The average Bonchev–Trinajstić information content (AvgIpc) is 2.79. The minimum absolute atomic E-state index is 0.0845. The Hall–Kier alpha value is -3.47. The zero-order chi connectivity index (χ0) is 21.7. The lowest BCUT2D eigenvalue weighted by molar-refractivity contribution is -0.138. The summed E-state index contributed by atoms with van der Waals surface area (Å²) in [6.45, 7) is 0.275. The first kappa shape index (κ1) is 21.2. The standard InChI is InChI=1S/C23H22O7/c1-27-16-10-8-15(9-11-16)14-30-19-7-5-4-6-17(19)18(24)12-13-23(26)21(25)20(28-2)22(23)29-3/h4-11,18,24,26H,14H2,1-3H3. The Morgan fingerprint density at radius 2 is 1.70 bits per heavy atom. The van der Waals surface area contributed by atoms with Gasteiger partial charge in [0, 0.05) is 5.56 Å². The van der Waals surface area contributed by atoms with Gasteiger partial charge >= 0.3 is 0 Å². The fraction of sp³-hybridized carbons (Fsp3) is 0.261. The van der Waals surface area contributed by atoms with Gasteiger partial charge in [-0.25, -0.2) is 0 Å². The first-order valence-electron chi connectivity index (χ1n) is 9.10. The molecule has 0 radical (unpaired) electrons. The molecule has 2 aromatic carbocycles. The van der Waals surface area contributed by atoms with E-state index in [0.29, 0.717) is 11.3 Å². The van der Waals surface area contributed by atoms with Crippen molar-refractivity contribution in [3.05, 3.63) is 71.2 Å². The van der Waals surface area contributed by atoms with Gasteiger partial charge in [-0.1, -0.05) is 36.3 Å². The van der Waals surface area contributed by atoms with E-state index < -0.39 is 17.5 Å². The highest BCUT2D eigenvalue weighted by atomic mass is 16.5. The Kier molecular flexibility index (Phi) is 6.31. The molecule has 0 spiro atoms. The number of benzene rings is 2. The quantitative estimate of drug-likeness (QED) is 0.676. The van der Waals surface area contributed by atoms with Crippen LogP contribution in [0, 0.1) is 11.8 Å². The van der Waals surface area contributed by atoms with Crippen molar-refractivity contribution in [2.45, 2.75) is 18.3 Å². The van der Waals surface area contributed by atoms with Gasteiger partial charge in [-0.3, -0.25) is 4.79 Å². The molecule has 7 nitrogen and oxygen atoms in total. The molecule has 3 rings (SSSR count). The summed E-state index contributed by atoms with van der Waals surface area (Å²) in [5.41, 5.74) is -0.814. The zero-order valence-corrected chi connectivity index (χ0v) is 16.8. The van der Waals surface area contributed by atoms with Crippen LogP contribution < -0.4 is 9.47 Å². The van der Waals surface area contributed by atoms with E-state index in [1.54, 1.807) is 31.4 Å². The Balaban J connectivity index is 1.77. The monoisotopic (exact) mass is 410 g/mol. The molecule has 0 aromatic heterocycles. The number of hydrogen-bond donors (Lipinski definition) is 2. The van der Waals surface area contributed by atoms with Crippen LogP contribution in [0.1, 0.15) is 17.2 Å².